The fourth-order valence-electron chi connectivity index (χ4n) is 1.84. The summed E-state index contributed by atoms with van der Waals surface area (Å²) in [4.78, 5) is 0. The van der Waals surface area contributed by atoms with Gasteiger partial charge in [0.15, 0.2) is 0 Å². The van der Waals surface area contributed by atoms with Crippen molar-refractivity contribution in [2.24, 2.45) is 5.73 Å². The molecule has 0 bridgehead atoms. The topological polar surface area (TPSA) is 68.3 Å². The molecule has 0 radical (unpaired) electrons. The molecule has 1 aliphatic heterocycles. The molecule has 0 unspecified atom stereocenters. The van der Waals surface area contributed by atoms with Gasteiger partial charge in [-0.1, -0.05) is 24.3 Å². The number of nitrogens with one attached hydrogen (secondary N) is 1. The van der Waals surface area contributed by atoms with Crippen molar-refractivity contribution in [1.82, 2.24) is 0 Å². The van der Waals surface area contributed by atoms with E-state index in [1.54, 1.807) is 0 Å². The monoisotopic (exact) mass is 234 g/mol. The normalized spacial score (nSPS) is 16.9. The summed E-state index contributed by atoms with van der Waals surface area (Å²) in [5.41, 5.74) is 7.26. The molecule has 0 aliphatic carbocycles. The van der Waals surface area contributed by atoms with Gasteiger partial charge in [0.05, 0.1) is 12.7 Å². The standard InChI is InChI=1S/C13H18N2O2/c14-13(15)11-3-1-10(2-4-11)9-17-12-5-7-16-8-6-12/h1-4,12H,5-9H2,(H3,14,15). The summed E-state index contributed by atoms with van der Waals surface area (Å²) in [6, 6.07) is 7.61. The van der Waals surface area contributed by atoms with Crippen LogP contribution in [-0.4, -0.2) is 25.2 Å². The Labute approximate surface area is 101 Å². The highest BCUT2D eigenvalue weighted by molar-refractivity contribution is 5.94. The second kappa shape index (κ2) is 5.80. The minimum Gasteiger partial charge on any atom is -0.384 e. The van der Waals surface area contributed by atoms with E-state index in [4.69, 9.17) is 20.6 Å². The van der Waals surface area contributed by atoms with Gasteiger partial charge < -0.3 is 15.2 Å². The fraction of sp³-hybridized carbons (Fsp3) is 0.462. The van der Waals surface area contributed by atoms with E-state index in [1.807, 2.05) is 24.3 Å². The number of ether oxygens (including phenoxy) is 2. The molecule has 1 saturated heterocycles. The Bertz CT molecular complexity index is 370. The minimum atomic E-state index is 0.0990. The van der Waals surface area contributed by atoms with E-state index < -0.39 is 0 Å². The van der Waals surface area contributed by atoms with Crippen LogP contribution in [0.25, 0.3) is 0 Å². The maximum atomic E-state index is 7.30. The molecule has 0 spiro atoms. The van der Waals surface area contributed by atoms with Crippen LogP contribution in [-0.2, 0) is 16.1 Å². The number of amidine groups is 1. The number of benzene rings is 1. The summed E-state index contributed by atoms with van der Waals surface area (Å²) in [5, 5.41) is 7.30. The smallest absolute Gasteiger partial charge is 0.122 e. The third kappa shape index (κ3) is 3.54. The molecule has 1 aliphatic rings. The van der Waals surface area contributed by atoms with Crippen LogP contribution in [0.2, 0.25) is 0 Å². The third-order valence-electron chi connectivity index (χ3n) is 2.92. The molecule has 4 heteroatoms. The lowest BCUT2D eigenvalue weighted by atomic mass is 10.1. The number of rotatable bonds is 4. The van der Waals surface area contributed by atoms with Crippen molar-refractivity contribution in [2.45, 2.75) is 25.6 Å². The molecular formula is C13H18N2O2. The van der Waals surface area contributed by atoms with Gasteiger partial charge in [-0.25, -0.2) is 0 Å². The van der Waals surface area contributed by atoms with Crippen LogP contribution in [0.4, 0.5) is 0 Å². The van der Waals surface area contributed by atoms with Crippen LogP contribution in [0.1, 0.15) is 24.0 Å². The van der Waals surface area contributed by atoms with Crippen molar-refractivity contribution in [1.29, 1.82) is 5.41 Å². The zero-order valence-corrected chi connectivity index (χ0v) is 9.82. The first-order valence-corrected chi connectivity index (χ1v) is 5.88. The summed E-state index contributed by atoms with van der Waals surface area (Å²) in [5.74, 6) is 0.0990. The molecule has 1 fully saturated rings. The van der Waals surface area contributed by atoms with Crippen molar-refractivity contribution < 1.29 is 9.47 Å². The summed E-state index contributed by atoms with van der Waals surface area (Å²) >= 11 is 0. The molecule has 1 heterocycles. The molecule has 92 valence electrons. The van der Waals surface area contributed by atoms with Gasteiger partial charge in [0.2, 0.25) is 0 Å². The minimum absolute atomic E-state index is 0.0990. The Morgan fingerprint density at radius 2 is 1.94 bits per heavy atom. The van der Waals surface area contributed by atoms with Crippen LogP contribution in [0.5, 0.6) is 0 Å². The van der Waals surface area contributed by atoms with E-state index in [2.05, 4.69) is 0 Å². The largest absolute Gasteiger partial charge is 0.384 e. The molecule has 17 heavy (non-hydrogen) atoms. The van der Waals surface area contributed by atoms with E-state index >= 15 is 0 Å². The predicted octanol–water partition coefficient (Wildman–Crippen LogP) is 1.67. The molecular weight excluding hydrogens is 216 g/mol. The van der Waals surface area contributed by atoms with E-state index in [9.17, 15) is 0 Å². The lowest BCUT2D eigenvalue weighted by Gasteiger charge is -2.22. The van der Waals surface area contributed by atoms with E-state index in [0.29, 0.717) is 12.7 Å². The van der Waals surface area contributed by atoms with Crippen molar-refractivity contribution in [2.75, 3.05) is 13.2 Å². The van der Waals surface area contributed by atoms with Gasteiger partial charge in [-0.3, -0.25) is 5.41 Å². The lowest BCUT2D eigenvalue weighted by Crippen LogP contribution is -2.23. The Hall–Kier alpha value is -1.39. The second-order valence-electron chi connectivity index (χ2n) is 4.23. The summed E-state index contributed by atoms with van der Waals surface area (Å²) in [7, 11) is 0. The molecule has 2 rings (SSSR count). The van der Waals surface area contributed by atoms with Gasteiger partial charge in [0.1, 0.15) is 5.84 Å². The number of nitrogen functional groups attached to an aromatic ring is 1. The first kappa shape index (κ1) is 12.1. The molecule has 0 aromatic heterocycles. The predicted molar refractivity (Wildman–Crippen MR) is 66.1 cm³/mol. The fourth-order valence-corrected chi connectivity index (χ4v) is 1.84. The van der Waals surface area contributed by atoms with Crippen LogP contribution in [0, 0.1) is 5.41 Å². The van der Waals surface area contributed by atoms with Gasteiger partial charge in [-0.2, -0.15) is 0 Å². The van der Waals surface area contributed by atoms with Crippen LogP contribution in [0.3, 0.4) is 0 Å². The average Bonchev–Trinajstić information content (AvgIpc) is 2.38. The lowest BCUT2D eigenvalue weighted by molar-refractivity contribution is -0.0390. The van der Waals surface area contributed by atoms with E-state index in [1.165, 1.54) is 0 Å². The van der Waals surface area contributed by atoms with Crippen LogP contribution < -0.4 is 5.73 Å². The third-order valence-corrected chi connectivity index (χ3v) is 2.92. The molecule has 0 atom stereocenters. The van der Waals surface area contributed by atoms with Crippen LogP contribution in [0.15, 0.2) is 24.3 Å². The first-order valence-electron chi connectivity index (χ1n) is 5.88. The number of hydrogen-bond donors (Lipinski definition) is 2. The molecule has 3 N–H and O–H groups in total. The van der Waals surface area contributed by atoms with Gasteiger partial charge in [0, 0.05) is 18.8 Å². The van der Waals surface area contributed by atoms with Crippen molar-refractivity contribution in [3.63, 3.8) is 0 Å². The Kier molecular flexibility index (Phi) is 4.12. The highest BCUT2D eigenvalue weighted by Gasteiger charge is 2.13. The van der Waals surface area contributed by atoms with Gasteiger partial charge in [-0.15, -0.1) is 0 Å². The Morgan fingerprint density at radius 3 is 2.53 bits per heavy atom. The van der Waals surface area contributed by atoms with Gasteiger partial charge in [0.25, 0.3) is 0 Å². The van der Waals surface area contributed by atoms with Gasteiger partial charge >= 0.3 is 0 Å². The molecule has 1 aromatic rings. The SMILES string of the molecule is N=C(N)c1ccc(COC2CCOCC2)cc1. The molecule has 4 nitrogen and oxygen atoms in total. The zero-order valence-electron chi connectivity index (χ0n) is 9.82. The summed E-state index contributed by atoms with van der Waals surface area (Å²) in [6.07, 6.45) is 2.27. The highest BCUT2D eigenvalue weighted by atomic mass is 16.5. The van der Waals surface area contributed by atoms with Gasteiger partial charge in [-0.05, 0) is 18.4 Å². The maximum Gasteiger partial charge on any atom is 0.122 e. The van der Waals surface area contributed by atoms with E-state index in [0.717, 1.165) is 37.2 Å². The van der Waals surface area contributed by atoms with E-state index in [-0.39, 0.29) is 5.84 Å². The zero-order chi connectivity index (χ0) is 12.1. The quantitative estimate of drug-likeness (QED) is 0.615. The molecule has 0 amide bonds. The first-order chi connectivity index (χ1) is 8.25. The Balaban J connectivity index is 1.84. The number of hydrogen-bond acceptors (Lipinski definition) is 3. The summed E-state index contributed by atoms with van der Waals surface area (Å²) in [6.45, 7) is 2.21. The molecule has 0 saturated carbocycles. The second-order valence-corrected chi connectivity index (χ2v) is 4.23. The van der Waals surface area contributed by atoms with Crippen molar-refractivity contribution in [3.8, 4) is 0 Å². The van der Waals surface area contributed by atoms with Crippen molar-refractivity contribution >= 4 is 5.84 Å². The van der Waals surface area contributed by atoms with Crippen LogP contribution >= 0.6 is 0 Å². The average molecular weight is 234 g/mol. The molecule has 1 aromatic carbocycles. The summed E-state index contributed by atoms with van der Waals surface area (Å²) < 4.78 is 11.1. The Morgan fingerprint density at radius 1 is 1.29 bits per heavy atom. The maximum absolute atomic E-state index is 7.30. The highest BCUT2D eigenvalue weighted by Crippen LogP contribution is 2.13. The number of nitrogens with two attached hydrogens (primary N) is 1. The van der Waals surface area contributed by atoms with Crippen molar-refractivity contribution in [3.05, 3.63) is 35.4 Å².